The number of aryl methyl sites for hydroxylation is 2. The Morgan fingerprint density at radius 3 is 1.43 bits per heavy atom. The molecule has 0 unspecified atom stereocenters. The van der Waals surface area contributed by atoms with Crippen LogP contribution in [0.4, 0.5) is 29.2 Å². The molecule has 2 heterocycles. The fraction of sp³-hybridized carbons (Fsp3) is 0.290. The van der Waals surface area contributed by atoms with Gasteiger partial charge in [-0.15, -0.1) is 0 Å². The number of carboxylic acid groups (broad SMARTS) is 1. The van der Waals surface area contributed by atoms with Gasteiger partial charge in [-0.3, -0.25) is 23.7 Å². The average molecular weight is 645 g/mol. The minimum absolute atomic E-state index is 0.114. The van der Waals surface area contributed by atoms with Crippen LogP contribution in [-0.2, 0) is 34.5 Å². The van der Waals surface area contributed by atoms with Gasteiger partial charge in [0.25, 0.3) is 23.0 Å². The fourth-order valence-electron chi connectivity index (χ4n) is 4.09. The first-order valence-electron chi connectivity index (χ1n) is 13.8. The van der Waals surface area contributed by atoms with Crippen LogP contribution in [0, 0.1) is 13.8 Å². The molecule has 3 N–H and O–H groups in total. The summed E-state index contributed by atoms with van der Waals surface area (Å²) < 4.78 is 58.5. The zero-order valence-corrected chi connectivity index (χ0v) is 25.1. The van der Waals surface area contributed by atoms with Crippen molar-refractivity contribution >= 4 is 23.4 Å². The Hall–Kier alpha value is -5.34. The Balaban J connectivity index is 0.000000250. The molecule has 0 aliphatic rings. The lowest BCUT2D eigenvalue weighted by Gasteiger charge is -2.18. The Bertz CT molecular complexity index is 1650. The maximum atomic E-state index is 14.1. The summed E-state index contributed by atoms with van der Waals surface area (Å²) >= 11 is 0. The quantitative estimate of drug-likeness (QED) is 0.193. The highest BCUT2D eigenvalue weighted by Gasteiger charge is 2.32. The van der Waals surface area contributed by atoms with Crippen LogP contribution >= 0.6 is 0 Å². The van der Waals surface area contributed by atoms with Crippen molar-refractivity contribution in [1.82, 2.24) is 19.1 Å². The van der Waals surface area contributed by atoms with E-state index in [2.05, 4.69) is 20.6 Å². The van der Waals surface area contributed by atoms with Crippen molar-refractivity contribution in [2.24, 2.45) is 0 Å². The van der Waals surface area contributed by atoms with Crippen molar-refractivity contribution in [2.45, 2.75) is 45.7 Å². The van der Waals surface area contributed by atoms with E-state index in [1.54, 1.807) is 19.1 Å². The molecule has 2 aromatic carbocycles. The second kappa shape index (κ2) is 15.1. The summed E-state index contributed by atoms with van der Waals surface area (Å²) in [4.78, 5) is 53.9. The molecule has 244 valence electrons. The number of ketones is 1. The topological polar surface area (TPSA) is 148 Å². The van der Waals surface area contributed by atoms with Gasteiger partial charge in [-0.2, -0.15) is 17.6 Å². The van der Waals surface area contributed by atoms with Gasteiger partial charge in [-0.25, -0.2) is 9.97 Å². The number of carboxylic acids is 1. The van der Waals surface area contributed by atoms with E-state index in [1.807, 2.05) is 0 Å². The Labute approximate surface area is 260 Å². The van der Waals surface area contributed by atoms with Gasteiger partial charge in [0.15, 0.2) is 11.6 Å². The van der Waals surface area contributed by atoms with E-state index in [0.717, 1.165) is 4.57 Å². The molecule has 0 aliphatic heterocycles. The molecule has 0 bridgehead atoms. The summed E-state index contributed by atoms with van der Waals surface area (Å²) in [6, 6.07) is 14.5. The molecule has 4 aromatic rings. The molecule has 2 aromatic heterocycles. The number of carbonyl (C=O) groups is 2. The van der Waals surface area contributed by atoms with Crippen LogP contribution in [-0.4, -0.2) is 49.1 Å². The Morgan fingerprint density at radius 2 is 1.09 bits per heavy atom. The molecule has 0 amide bonds. The standard InChI is InChI=1S/C16H17F2N3O2.C15H15F2N3O3/c1-11-8-19-14(15(23)21(11)9-12(2)22)20-10-16(17,18)13-6-4-3-5-7-13;1-10-7-18-13(14(23)20(10)8-12(21)22)19-9-15(16,17)11-5-3-2-4-6-11/h3-8H,9-10H2,1-2H3,(H,19,20);2-7H,8-9H2,1H3,(H,18,19)(H,21,22). The third kappa shape index (κ3) is 9.33. The van der Waals surface area contributed by atoms with Gasteiger partial charge >= 0.3 is 5.97 Å². The number of aliphatic carboxylic acids is 1. The summed E-state index contributed by atoms with van der Waals surface area (Å²) in [5, 5.41) is 13.5. The first-order valence-corrected chi connectivity index (χ1v) is 13.8. The summed E-state index contributed by atoms with van der Waals surface area (Å²) in [6.07, 6.45) is 2.63. The summed E-state index contributed by atoms with van der Waals surface area (Å²) in [7, 11) is 0. The molecule has 0 aliphatic carbocycles. The van der Waals surface area contributed by atoms with E-state index in [4.69, 9.17) is 5.11 Å². The number of Topliss-reactive ketones (excluding diaryl/α,β-unsaturated/α-hetero) is 1. The first-order chi connectivity index (χ1) is 21.6. The van der Waals surface area contributed by atoms with Crippen molar-refractivity contribution in [1.29, 1.82) is 0 Å². The van der Waals surface area contributed by atoms with Crippen LogP contribution in [0.5, 0.6) is 0 Å². The monoisotopic (exact) mass is 644 g/mol. The number of hydrogen-bond acceptors (Lipinski definition) is 8. The summed E-state index contributed by atoms with van der Waals surface area (Å²) in [5.74, 6) is -8.27. The van der Waals surface area contributed by atoms with E-state index in [1.165, 1.54) is 79.3 Å². The highest BCUT2D eigenvalue weighted by atomic mass is 19.3. The van der Waals surface area contributed by atoms with E-state index in [0.29, 0.717) is 11.4 Å². The van der Waals surface area contributed by atoms with Crippen molar-refractivity contribution in [3.8, 4) is 0 Å². The zero-order chi connectivity index (χ0) is 34.1. The van der Waals surface area contributed by atoms with Gasteiger partial charge in [0.05, 0.1) is 19.6 Å². The lowest BCUT2D eigenvalue weighted by atomic mass is 10.1. The maximum absolute atomic E-state index is 14.1. The van der Waals surface area contributed by atoms with Gasteiger partial charge in [0.2, 0.25) is 0 Å². The molecular formula is C31H32F4N6O5. The van der Waals surface area contributed by atoms with Gasteiger partial charge in [0, 0.05) is 34.9 Å². The molecular weight excluding hydrogens is 612 g/mol. The Kier molecular flexibility index (Phi) is 11.5. The van der Waals surface area contributed by atoms with E-state index in [-0.39, 0.29) is 35.1 Å². The largest absolute Gasteiger partial charge is 0.480 e. The van der Waals surface area contributed by atoms with Gasteiger partial charge in [-0.1, -0.05) is 60.7 Å². The van der Waals surface area contributed by atoms with Crippen molar-refractivity contribution in [3.63, 3.8) is 0 Å². The van der Waals surface area contributed by atoms with Gasteiger partial charge in [0.1, 0.15) is 12.3 Å². The van der Waals surface area contributed by atoms with E-state index >= 15 is 0 Å². The number of halogens is 4. The van der Waals surface area contributed by atoms with Crippen molar-refractivity contribution < 1.29 is 32.3 Å². The fourth-order valence-corrected chi connectivity index (χ4v) is 4.09. The zero-order valence-electron chi connectivity index (χ0n) is 25.1. The highest BCUT2D eigenvalue weighted by molar-refractivity contribution is 5.75. The number of hydrogen-bond donors (Lipinski definition) is 3. The smallest absolute Gasteiger partial charge is 0.323 e. The van der Waals surface area contributed by atoms with Crippen LogP contribution in [0.25, 0.3) is 0 Å². The third-order valence-corrected chi connectivity index (χ3v) is 6.53. The number of nitrogens with one attached hydrogen (secondary N) is 2. The molecule has 0 fully saturated rings. The molecule has 15 heteroatoms. The van der Waals surface area contributed by atoms with Crippen LogP contribution in [0.3, 0.4) is 0 Å². The number of aromatic nitrogens is 4. The number of nitrogens with zero attached hydrogens (tertiary/aromatic N) is 4. The van der Waals surface area contributed by atoms with E-state index < -0.39 is 48.6 Å². The van der Waals surface area contributed by atoms with Crippen LogP contribution in [0.15, 0.2) is 82.6 Å². The Morgan fingerprint density at radius 1 is 0.717 bits per heavy atom. The number of alkyl halides is 4. The van der Waals surface area contributed by atoms with Crippen molar-refractivity contribution in [3.05, 3.63) is 116 Å². The molecule has 0 saturated carbocycles. The number of rotatable bonds is 12. The second-order valence-electron chi connectivity index (χ2n) is 10.2. The minimum atomic E-state index is -3.20. The van der Waals surface area contributed by atoms with Crippen LogP contribution < -0.4 is 21.8 Å². The van der Waals surface area contributed by atoms with Crippen LogP contribution in [0.2, 0.25) is 0 Å². The molecule has 4 rings (SSSR count). The predicted octanol–water partition coefficient (Wildman–Crippen LogP) is 4.18. The van der Waals surface area contributed by atoms with Gasteiger partial charge in [-0.05, 0) is 20.8 Å². The number of benzene rings is 2. The first kappa shape index (κ1) is 35.1. The number of anilines is 2. The highest BCUT2D eigenvalue weighted by Crippen LogP contribution is 2.28. The summed E-state index contributed by atoms with van der Waals surface area (Å²) in [5.41, 5.74) is -0.863. The molecule has 0 saturated heterocycles. The van der Waals surface area contributed by atoms with E-state index in [9.17, 15) is 36.7 Å². The number of carbonyl (C=O) groups excluding carboxylic acids is 1. The maximum Gasteiger partial charge on any atom is 0.323 e. The molecule has 0 radical (unpaired) electrons. The lowest BCUT2D eigenvalue weighted by molar-refractivity contribution is -0.137. The van der Waals surface area contributed by atoms with Crippen molar-refractivity contribution in [2.75, 3.05) is 23.7 Å². The molecule has 0 atom stereocenters. The molecule has 0 spiro atoms. The normalized spacial score (nSPS) is 11.3. The van der Waals surface area contributed by atoms with Crippen LogP contribution in [0.1, 0.15) is 29.4 Å². The van der Waals surface area contributed by atoms with Gasteiger partial charge < -0.3 is 20.3 Å². The molecule has 11 nitrogen and oxygen atoms in total. The SMILES string of the molecule is CC(=O)Cn1c(C)cnc(NCC(F)(F)c2ccccc2)c1=O.Cc1cnc(NCC(F)(F)c2ccccc2)c(=O)n1CC(=O)O. The third-order valence-electron chi connectivity index (χ3n) is 6.53. The second-order valence-corrected chi connectivity index (χ2v) is 10.2. The minimum Gasteiger partial charge on any atom is -0.480 e. The average Bonchev–Trinajstić information content (AvgIpc) is 3.01. The molecule has 46 heavy (non-hydrogen) atoms. The predicted molar refractivity (Wildman–Crippen MR) is 162 cm³/mol. The summed E-state index contributed by atoms with van der Waals surface area (Å²) in [6.45, 7) is 2.23. The lowest BCUT2D eigenvalue weighted by Crippen LogP contribution is -2.32.